The molecule has 0 aliphatic carbocycles. The molecule has 0 unspecified atom stereocenters. The topological polar surface area (TPSA) is 62.2 Å². The highest BCUT2D eigenvalue weighted by atomic mass is 32.1. The number of aromatic nitrogens is 1. The second-order valence-corrected chi connectivity index (χ2v) is 5.92. The Bertz CT molecular complexity index is 661. The van der Waals surface area contributed by atoms with Crippen LogP contribution < -0.4 is 5.32 Å². The smallest absolute Gasteiger partial charge is 0.270 e. The minimum Gasteiger partial charge on any atom is -0.396 e. The van der Waals surface area contributed by atoms with E-state index in [0.717, 1.165) is 37.8 Å². The number of thiazole rings is 1. The minimum absolute atomic E-state index is 0.192. The van der Waals surface area contributed by atoms with Gasteiger partial charge in [-0.15, -0.1) is 11.3 Å². The number of carbonyl (C=O) groups is 1. The highest BCUT2D eigenvalue weighted by molar-refractivity contribution is 7.13. The van der Waals surface area contributed by atoms with Gasteiger partial charge in [0, 0.05) is 24.1 Å². The van der Waals surface area contributed by atoms with E-state index in [1.54, 1.807) is 5.38 Å². The van der Waals surface area contributed by atoms with Crippen molar-refractivity contribution in [3.8, 4) is 10.6 Å². The lowest BCUT2D eigenvalue weighted by Gasteiger charge is -2.03. The molecule has 0 aliphatic heterocycles. The Morgan fingerprint density at radius 1 is 1.17 bits per heavy atom. The third-order valence-corrected chi connectivity index (χ3v) is 4.17. The maximum absolute atomic E-state index is 13.2. The third-order valence-electron chi connectivity index (χ3n) is 3.27. The van der Waals surface area contributed by atoms with Gasteiger partial charge in [0.05, 0.1) is 0 Å². The average Bonchev–Trinajstić information content (AvgIpc) is 3.03. The molecule has 0 saturated heterocycles. The van der Waals surface area contributed by atoms with E-state index < -0.39 is 11.6 Å². The predicted molar refractivity (Wildman–Crippen MR) is 85.4 cm³/mol. The predicted octanol–water partition coefficient (Wildman–Crippen LogP) is 3.37. The molecule has 2 aromatic rings. The second-order valence-electron chi connectivity index (χ2n) is 5.06. The van der Waals surface area contributed by atoms with Gasteiger partial charge in [-0.2, -0.15) is 0 Å². The molecule has 1 heterocycles. The van der Waals surface area contributed by atoms with E-state index in [9.17, 15) is 13.6 Å². The van der Waals surface area contributed by atoms with Crippen molar-refractivity contribution in [3.63, 3.8) is 0 Å². The highest BCUT2D eigenvalue weighted by Gasteiger charge is 2.12. The van der Waals surface area contributed by atoms with Crippen LogP contribution in [0.5, 0.6) is 0 Å². The first kappa shape index (κ1) is 17.5. The van der Waals surface area contributed by atoms with Gasteiger partial charge in [0.2, 0.25) is 0 Å². The van der Waals surface area contributed by atoms with Gasteiger partial charge >= 0.3 is 0 Å². The van der Waals surface area contributed by atoms with Gasteiger partial charge in [-0.3, -0.25) is 4.79 Å². The second kappa shape index (κ2) is 8.69. The minimum atomic E-state index is -0.938. The largest absolute Gasteiger partial charge is 0.396 e. The Labute approximate surface area is 137 Å². The van der Waals surface area contributed by atoms with Crippen molar-refractivity contribution < 1.29 is 18.7 Å². The van der Waals surface area contributed by atoms with Gasteiger partial charge < -0.3 is 10.4 Å². The van der Waals surface area contributed by atoms with Crippen molar-refractivity contribution in [2.24, 2.45) is 0 Å². The van der Waals surface area contributed by atoms with E-state index in [1.807, 2.05) is 0 Å². The summed E-state index contributed by atoms with van der Waals surface area (Å²) >= 11 is 1.21. The molecule has 1 aromatic heterocycles. The van der Waals surface area contributed by atoms with Crippen molar-refractivity contribution in [1.82, 2.24) is 10.3 Å². The van der Waals surface area contributed by atoms with Crippen LogP contribution in [0.2, 0.25) is 0 Å². The molecule has 7 heteroatoms. The summed E-state index contributed by atoms with van der Waals surface area (Å²) in [4.78, 5) is 16.1. The normalized spacial score (nSPS) is 10.7. The van der Waals surface area contributed by atoms with E-state index in [1.165, 1.54) is 17.4 Å². The summed E-state index contributed by atoms with van der Waals surface area (Å²) in [5.74, 6) is -2.13. The summed E-state index contributed by atoms with van der Waals surface area (Å²) < 4.78 is 26.2. The zero-order valence-electron chi connectivity index (χ0n) is 12.5. The molecule has 0 atom stereocenters. The van der Waals surface area contributed by atoms with Crippen molar-refractivity contribution in [3.05, 3.63) is 40.9 Å². The van der Waals surface area contributed by atoms with Crippen LogP contribution in [0.4, 0.5) is 8.78 Å². The van der Waals surface area contributed by atoms with Crippen molar-refractivity contribution in [2.75, 3.05) is 13.2 Å². The van der Waals surface area contributed by atoms with Crippen LogP contribution >= 0.6 is 11.3 Å². The van der Waals surface area contributed by atoms with Crippen LogP contribution in [-0.2, 0) is 0 Å². The summed E-state index contributed by atoms with van der Waals surface area (Å²) in [6.07, 6.45) is 3.49. The molecule has 0 fully saturated rings. The Morgan fingerprint density at radius 3 is 2.70 bits per heavy atom. The van der Waals surface area contributed by atoms with Gasteiger partial charge in [-0.1, -0.05) is 12.8 Å². The molecular formula is C16H18F2N2O2S. The Morgan fingerprint density at radius 2 is 1.96 bits per heavy atom. The van der Waals surface area contributed by atoms with Crippen LogP contribution in [0, 0.1) is 11.6 Å². The molecule has 0 spiro atoms. The van der Waals surface area contributed by atoms with Gasteiger partial charge in [0.15, 0.2) is 11.6 Å². The number of carbonyl (C=O) groups excluding carboxylic acids is 1. The molecule has 4 nitrogen and oxygen atoms in total. The molecule has 2 rings (SSSR count). The Balaban J connectivity index is 1.88. The number of unbranched alkanes of at least 4 members (excludes halogenated alkanes) is 3. The SMILES string of the molecule is O=C(NCCCCCCO)c1csc(-c2ccc(F)c(F)c2)n1. The van der Waals surface area contributed by atoms with Crippen LogP contribution in [-0.4, -0.2) is 29.1 Å². The molecular weight excluding hydrogens is 322 g/mol. The van der Waals surface area contributed by atoms with E-state index in [-0.39, 0.29) is 18.2 Å². The first-order valence-electron chi connectivity index (χ1n) is 7.42. The fourth-order valence-electron chi connectivity index (χ4n) is 2.02. The van der Waals surface area contributed by atoms with Crippen molar-refractivity contribution in [2.45, 2.75) is 25.7 Å². The monoisotopic (exact) mass is 340 g/mol. The Kier molecular flexibility index (Phi) is 6.61. The maximum Gasteiger partial charge on any atom is 0.270 e. The third kappa shape index (κ3) is 5.07. The molecule has 0 bridgehead atoms. The van der Waals surface area contributed by atoms with E-state index in [2.05, 4.69) is 10.3 Å². The average molecular weight is 340 g/mol. The van der Waals surface area contributed by atoms with E-state index in [0.29, 0.717) is 17.1 Å². The molecule has 2 N–H and O–H groups in total. The van der Waals surface area contributed by atoms with Gasteiger partial charge in [0.1, 0.15) is 10.7 Å². The lowest BCUT2D eigenvalue weighted by atomic mass is 10.2. The summed E-state index contributed by atoms with van der Waals surface area (Å²) in [5.41, 5.74) is 0.710. The van der Waals surface area contributed by atoms with Crippen LogP contribution in [0.1, 0.15) is 36.2 Å². The summed E-state index contributed by atoms with van der Waals surface area (Å²) in [6.45, 7) is 0.736. The molecule has 0 radical (unpaired) electrons. The lowest BCUT2D eigenvalue weighted by Crippen LogP contribution is -2.24. The first-order chi connectivity index (χ1) is 11.1. The van der Waals surface area contributed by atoms with Crippen LogP contribution in [0.3, 0.4) is 0 Å². The zero-order valence-corrected chi connectivity index (χ0v) is 13.3. The number of nitrogens with zero attached hydrogens (tertiary/aromatic N) is 1. The zero-order chi connectivity index (χ0) is 16.7. The highest BCUT2D eigenvalue weighted by Crippen LogP contribution is 2.25. The molecule has 0 saturated carbocycles. The number of halogens is 2. The lowest BCUT2D eigenvalue weighted by molar-refractivity contribution is 0.0948. The number of aliphatic hydroxyl groups is 1. The van der Waals surface area contributed by atoms with Gasteiger partial charge in [-0.25, -0.2) is 13.8 Å². The first-order valence-corrected chi connectivity index (χ1v) is 8.30. The number of rotatable bonds is 8. The summed E-state index contributed by atoms with van der Waals surface area (Å²) in [7, 11) is 0. The number of benzene rings is 1. The van der Waals surface area contributed by atoms with Gasteiger partial charge in [0.25, 0.3) is 5.91 Å². The Hall–Kier alpha value is -1.86. The summed E-state index contributed by atoms with van der Waals surface area (Å²) in [5, 5.41) is 13.5. The van der Waals surface area contributed by atoms with Crippen LogP contribution in [0.15, 0.2) is 23.6 Å². The molecule has 124 valence electrons. The molecule has 1 amide bonds. The molecule has 0 aliphatic rings. The maximum atomic E-state index is 13.2. The fraction of sp³-hybridized carbons (Fsp3) is 0.375. The number of amides is 1. The van der Waals surface area contributed by atoms with Crippen LogP contribution in [0.25, 0.3) is 10.6 Å². The van der Waals surface area contributed by atoms with E-state index >= 15 is 0 Å². The molecule has 23 heavy (non-hydrogen) atoms. The number of hydrogen-bond donors (Lipinski definition) is 2. The van der Waals surface area contributed by atoms with Crippen molar-refractivity contribution in [1.29, 1.82) is 0 Å². The quantitative estimate of drug-likeness (QED) is 0.724. The number of nitrogens with one attached hydrogen (secondary N) is 1. The number of hydrogen-bond acceptors (Lipinski definition) is 4. The number of aliphatic hydroxyl groups excluding tert-OH is 1. The van der Waals surface area contributed by atoms with E-state index in [4.69, 9.17) is 5.11 Å². The van der Waals surface area contributed by atoms with Crippen molar-refractivity contribution >= 4 is 17.2 Å². The fourth-order valence-corrected chi connectivity index (χ4v) is 2.82. The standard InChI is InChI=1S/C16H18F2N2O2S/c17-12-6-5-11(9-13(12)18)16-20-14(10-23-16)15(22)19-7-3-1-2-4-8-21/h5-6,9-10,21H,1-4,7-8H2,(H,19,22). The molecule has 1 aromatic carbocycles. The van der Waals surface area contributed by atoms with Gasteiger partial charge in [-0.05, 0) is 31.0 Å². The summed E-state index contributed by atoms with van der Waals surface area (Å²) in [6, 6.07) is 3.54.